The molecule has 1 aliphatic rings. The molecule has 1 aliphatic heterocycles. The molecule has 9 heteroatoms. The maximum atomic E-state index is 13.6. The number of cyclic esters (lactones) is 1. The lowest BCUT2D eigenvalue weighted by Gasteiger charge is -2.24. The Labute approximate surface area is 238 Å². The second-order valence-corrected chi connectivity index (χ2v) is 9.72. The molecule has 2 unspecified atom stereocenters. The van der Waals surface area contributed by atoms with E-state index in [-0.39, 0.29) is 24.9 Å². The first-order valence-electron chi connectivity index (χ1n) is 13.2. The molecule has 5 rings (SSSR count). The first-order valence-corrected chi connectivity index (χ1v) is 13.2. The predicted molar refractivity (Wildman–Crippen MR) is 153 cm³/mol. The van der Waals surface area contributed by atoms with Crippen molar-refractivity contribution in [1.29, 1.82) is 0 Å². The van der Waals surface area contributed by atoms with Crippen LogP contribution in [0.15, 0.2) is 97.3 Å². The number of rotatable bonds is 9. The number of aromatic nitrogens is 1. The maximum Gasteiger partial charge on any atom is 0.411 e. The smallest absolute Gasteiger partial charge is 0.411 e. The van der Waals surface area contributed by atoms with Gasteiger partial charge in [-0.1, -0.05) is 60.2 Å². The summed E-state index contributed by atoms with van der Waals surface area (Å²) in [4.78, 5) is 45.0. The van der Waals surface area contributed by atoms with Crippen LogP contribution in [0, 0.1) is 6.92 Å². The average Bonchev–Trinajstić information content (AvgIpc) is 3.33. The molecule has 0 aliphatic carbocycles. The molecule has 2 N–H and O–H groups in total. The molecule has 208 valence electrons. The summed E-state index contributed by atoms with van der Waals surface area (Å²) in [5.41, 5.74) is 4.39. The normalized spacial score (nSPS) is 16.1. The largest absolute Gasteiger partial charge is 0.496 e. The van der Waals surface area contributed by atoms with Gasteiger partial charge in [0.1, 0.15) is 5.75 Å². The molecule has 1 saturated heterocycles. The van der Waals surface area contributed by atoms with E-state index < -0.39 is 18.2 Å². The van der Waals surface area contributed by atoms with Crippen molar-refractivity contribution in [2.24, 2.45) is 0 Å². The maximum absolute atomic E-state index is 13.6. The summed E-state index contributed by atoms with van der Waals surface area (Å²) in [7, 11) is 1.51. The van der Waals surface area contributed by atoms with Crippen LogP contribution in [0.2, 0.25) is 0 Å². The van der Waals surface area contributed by atoms with Crippen LogP contribution in [0.4, 0.5) is 10.5 Å². The molecule has 1 aromatic heterocycles. The van der Waals surface area contributed by atoms with Crippen molar-refractivity contribution >= 4 is 23.6 Å². The monoisotopic (exact) mass is 550 g/mol. The van der Waals surface area contributed by atoms with Gasteiger partial charge in [0, 0.05) is 24.6 Å². The number of aryl methyl sites for hydroxylation is 1. The lowest BCUT2D eigenvalue weighted by molar-refractivity contribution is -0.126. The fraction of sp³-hybridized carbons (Fsp3) is 0.188. The van der Waals surface area contributed by atoms with E-state index >= 15 is 0 Å². The van der Waals surface area contributed by atoms with Crippen LogP contribution in [0.1, 0.15) is 38.7 Å². The molecule has 9 nitrogen and oxygen atoms in total. The predicted octanol–water partition coefficient (Wildman–Crippen LogP) is 5.03. The Bertz CT molecular complexity index is 1520. The van der Waals surface area contributed by atoms with Gasteiger partial charge in [0.05, 0.1) is 19.2 Å². The fourth-order valence-electron chi connectivity index (χ4n) is 4.68. The number of pyridine rings is 1. The number of para-hydroxylation sites is 1. The van der Waals surface area contributed by atoms with E-state index in [1.54, 1.807) is 67.0 Å². The van der Waals surface area contributed by atoms with Crippen LogP contribution in [0.5, 0.6) is 5.75 Å². The molecular formula is C32H30N4O5. The van der Waals surface area contributed by atoms with Gasteiger partial charge in [0.25, 0.3) is 5.91 Å². The van der Waals surface area contributed by atoms with Crippen molar-refractivity contribution in [3.8, 4) is 5.75 Å². The number of carbonyl (C=O) groups excluding carboxylic acids is 3. The Kier molecular flexibility index (Phi) is 8.24. The Morgan fingerprint density at radius 2 is 1.71 bits per heavy atom. The number of nitrogens with one attached hydrogen (secondary N) is 2. The molecule has 3 amide bonds. The van der Waals surface area contributed by atoms with Gasteiger partial charge in [0.2, 0.25) is 5.91 Å². The van der Waals surface area contributed by atoms with Crippen LogP contribution in [-0.4, -0.2) is 40.9 Å². The highest BCUT2D eigenvalue weighted by atomic mass is 16.6. The van der Waals surface area contributed by atoms with E-state index in [0.717, 1.165) is 16.7 Å². The van der Waals surface area contributed by atoms with E-state index in [2.05, 4.69) is 15.6 Å². The molecule has 41 heavy (non-hydrogen) atoms. The van der Waals surface area contributed by atoms with E-state index in [1.807, 2.05) is 37.3 Å². The average molecular weight is 551 g/mol. The number of methoxy groups -OCH3 is 1. The Morgan fingerprint density at radius 1 is 0.951 bits per heavy atom. The molecule has 4 aromatic rings. The van der Waals surface area contributed by atoms with Crippen LogP contribution in [-0.2, 0) is 22.6 Å². The van der Waals surface area contributed by atoms with Gasteiger partial charge in [-0.2, -0.15) is 0 Å². The number of nitrogens with zero attached hydrogens (tertiary/aromatic N) is 2. The highest BCUT2D eigenvalue weighted by Gasteiger charge is 2.46. The molecule has 0 spiro atoms. The van der Waals surface area contributed by atoms with Crippen LogP contribution < -0.4 is 15.4 Å². The van der Waals surface area contributed by atoms with Gasteiger partial charge in [-0.05, 0) is 53.9 Å². The summed E-state index contributed by atoms with van der Waals surface area (Å²) in [5.74, 6) is -0.196. The van der Waals surface area contributed by atoms with Crippen molar-refractivity contribution in [1.82, 2.24) is 15.2 Å². The van der Waals surface area contributed by atoms with Crippen LogP contribution in [0.3, 0.4) is 0 Å². The topological polar surface area (TPSA) is 110 Å². The lowest BCUT2D eigenvalue weighted by atomic mass is 10.00. The summed E-state index contributed by atoms with van der Waals surface area (Å²) < 4.78 is 11.1. The van der Waals surface area contributed by atoms with Gasteiger partial charge in [0.15, 0.2) is 12.1 Å². The van der Waals surface area contributed by atoms with E-state index in [4.69, 9.17) is 9.47 Å². The summed E-state index contributed by atoms with van der Waals surface area (Å²) in [6, 6.07) is 24.4. The Hall–Kier alpha value is -5.18. The number of ether oxygens (including phenoxy) is 2. The van der Waals surface area contributed by atoms with Gasteiger partial charge in [-0.25, -0.2) is 4.79 Å². The lowest BCUT2D eigenvalue weighted by Crippen LogP contribution is -2.46. The zero-order valence-electron chi connectivity index (χ0n) is 22.7. The van der Waals surface area contributed by atoms with Crippen molar-refractivity contribution in [3.05, 3.63) is 125 Å². The number of anilines is 1. The van der Waals surface area contributed by atoms with Crippen LogP contribution in [0.25, 0.3) is 0 Å². The first kappa shape index (κ1) is 27.4. The Morgan fingerprint density at radius 3 is 2.41 bits per heavy atom. The van der Waals surface area contributed by atoms with Gasteiger partial charge in [-0.15, -0.1) is 0 Å². The number of amides is 3. The van der Waals surface area contributed by atoms with Gasteiger partial charge in [-0.3, -0.25) is 19.5 Å². The molecular weight excluding hydrogens is 520 g/mol. The minimum Gasteiger partial charge on any atom is -0.496 e. The van der Waals surface area contributed by atoms with E-state index in [9.17, 15) is 14.4 Å². The third-order valence-corrected chi connectivity index (χ3v) is 6.87. The fourth-order valence-corrected chi connectivity index (χ4v) is 4.68. The standard InChI is InChI=1S/C32H30N4O5/c1-21-9-11-22(12-10-21)20-36-28(31(38)34-19-23-6-5-17-33-18-23)29(41-32(36)39)24-13-15-25(16-14-24)35-30(37)26-7-3-4-8-27(26)40-2/h3-18,28-29H,19-20H2,1-2H3,(H,34,38)(H,35,37). The third-order valence-electron chi connectivity index (χ3n) is 6.87. The SMILES string of the molecule is COc1ccccc1C(=O)Nc1ccc(C2OC(=O)N(Cc3ccc(C)cc3)C2C(=O)NCc2cccnc2)cc1. The molecule has 1 fully saturated rings. The zero-order valence-corrected chi connectivity index (χ0v) is 22.7. The molecule has 0 saturated carbocycles. The number of hydrogen-bond donors (Lipinski definition) is 2. The minimum absolute atomic E-state index is 0.216. The highest BCUT2D eigenvalue weighted by Crippen LogP contribution is 2.35. The van der Waals surface area contributed by atoms with Gasteiger partial charge >= 0.3 is 6.09 Å². The van der Waals surface area contributed by atoms with Crippen molar-refractivity contribution in [2.45, 2.75) is 32.2 Å². The van der Waals surface area contributed by atoms with Crippen molar-refractivity contribution in [2.75, 3.05) is 12.4 Å². The quantitative estimate of drug-likeness (QED) is 0.303. The number of benzene rings is 3. The minimum atomic E-state index is -0.908. The summed E-state index contributed by atoms with van der Waals surface area (Å²) in [6.45, 7) is 2.46. The highest BCUT2D eigenvalue weighted by molar-refractivity contribution is 6.06. The zero-order chi connectivity index (χ0) is 28.8. The number of hydrogen-bond acceptors (Lipinski definition) is 6. The first-order chi connectivity index (χ1) is 19.9. The summed E-state index contributed by atoms with van der Waals surface area (Å²) >= 11 is 0. The molecule has 2 atom stereocenters. The molecule has 0 radical (unpaired) electrons. The van der Waals surface area contributed by atoms with Crippen LogP contribution >= 0.6 is 0 Å². The molecule has 3 aromatic carbocycles. The third kappa shape index (κ3) is 6.36. The summed E-state index contributed by atoms with van der Waals surface area (Å²) in [6.07, 6.45) is 1.92. The van der Waals surface area contributed by atoms with Gasteiger partial charge < -0.3 is 20.1 Å². The second-order valence-electron chi connectivity index (χ2n) is 9.72. The van der Waals surface area contributed by atoms with E-state index in [0.29, 0.717) is 22.6 Å². The van der Waals surface area contributed by atoms with Crippen molar-refractivity contribution < 1.29 is 23.9 Å². The molecule has 0 bridgehead atoms. The number of carbonyl (C=O) groups is 3. The Balaban J connectivity index is 1.36. The molecule has 2 heterocycles. The van der Waals surface area contributed by atoms with Crippen molar-refractivity contribution in [3.63, 3.8) is 0 Å². The second kappa shape index (κ2) is 12.3. The summed E-state index contributed by atoms with van der Waals surface area (Å²) in [5, 5.41) is 5.79. The van der Waals surface area contributed by atoms with E-state index in [1.165, 1.54) is 12.0 Å².